The monoisotopic (exact) mass is 388 g/mol. The van der Waals surface area contributed by atoms with Gasteiger partial charge in [-0.2, -0.15) is 0 Å². The molecule has 0 spiro atoms. The normalized spacial score (nSPS) is 10.7. The highest BCUT2D eigenvalue weighted by atomic mass is 16.6. The van der Waals surface area contributed by atoms with Gasteiger partial charge in [0.2, 0.25) is 0 Å². The quantitative estimate of drug-likeness (QED) is 0.290. The molecule has 0 unspecified atom stereocenters. The first-order valence-corrected chi connectivity index (χ1v) is 8.71. The van der Waals surface area contributed by atoms with Crippen LogP contribution in [-0.2, 0) is 0 Å². The SMILES string of the molecule is COc1ccc(-c2nnc(Nc3ccc(O)cc3)c3ccccc23)cc1[N+](=O)[O-]. The Bertz CT molecular complexity index is 1210. The number of phenols is 1. The fourth-order valence-corrected chi connectivity index (χ4v) is 3.07. The third kappa shape index (κ3) is 3.51. The maximum Gasteiger partial charge on any atom is 0.311 e. The topological polar surface area (TPSA) is 110 Å². The fourth-order valence-electron chi connectivity index (χ4n) is 3.07. The number of phenolic OH excluding ortho intramolecular Hbond substituents is 1. The molecule has 2 N–H and O–H groups in total. The van der Waals surface area contributed by atoms with Crippen LogP contribution in [0, 0.1) is 10.1 Å². The van der Waals surface area contributed by atoms with Crippen LogP contribution in [0.5, 0.6) is 11.5 Å². The molecule has 8 nitrogen and oxygen atoms in total. The lowest BCUT2D eigenvalue weighted by atomic mass is 10.0. The lowest BCUT2D eigenvalue weighted by Gasteiger charge is -2.12. The molecule has 0 atom stereocenters. The summed E-state index contributed by atoms with van der Waals surface area (Å²) in [6.07, 6.45) is 0. The maximum absolute atomic E-state index is 11.4. The van der Waals surface area contributed by atoms with Gasteiger partial charge in [-0.1, -0.05) is 24.3 Å². The molecule has 0 saturated carbocycles. The summed E-state index contributed by atoms with van der Waals surface area (Å²) >= 11 is 0. The number of hydrogen-bond acceptors (Lipinski definition) is 7. The van der Waals surface area contributed by atoms with Crippen molar-refractivity contribution in [1.29, 1.82) is 0 Å². The van der Waals surface area contributed by atoms with Crippen LogP contribution in [0.2, 0.25) is 0 Å². The van der Waals surface area contributed by atoms with Crippen molar-refractivity contribution in [3.8, 4) is 22.8 Å². The van der Waals surface area contributed by atoms with E-state index in [1.807, 2.05) is 24.3 Å². The molecule has 0 amide bonds. The molecular formula is C21H16N4O4. The summed E-state index contributed by atoms with van der Waals surface area (Å²) < 4.78 is 5.07. The van der Waals surface area contributed by atoms with Crippen LogP contribution in [0.4, 0.5) is 17.2 Å². The highest BCUT2D eigenvalue weighted by molar-refractivity contribution is 6.01. The lowest BCUT2D eigenvalue weighted by molar-refractivity contribution is -0.385. The van der Waals surface area contributed by atoms with Crippen LogP contribution in [0.3, 0.4) is 0 Å². The Morgan fingerprint density at radius 2 is 1.72 bits per heavy atom. The fraction of sp³-hybridized carbons (Fsp3) is 0.0476. The molecule has 29 heavy (non-hydrogen) atoms. The average Bonchev–Trinajstić information content (AvgIpc) is 2.75. The molecule has 0 bridgehead atoms. The number of rotatable bonds is 5. The van der Waals surface area contributed by atoms with Gasteiger partial charge in [0.1, 0.15) is 11.4 Å². The second-order valence-corrected chi connectivity index (χ2v) is 6.26. The van der Waals surface area contributed by atoms with Crippen molar-refractivity contribution in [2.45, 2.75) is 0 Å². The number of nitrogens with zero attached hydrogens (tertiary/aromatic N) is 3. The number of methoxy groups -OCH3 is 1. The van der Waals surface area contributed by atoms with E-state index in [2.05, 4.69) is 15.5 Å². The third-order valence-electron chi connectivity index (χ3n) is 4.47. The molecule has 144 valence electrons. The predicted molar refractivity (Wildman–Crippen MR) is 110 cm³/mol. The first-order chi connectivity index (χ1) is 14.1. The number of benzene rings is 3. The van der Waals surface area contributed by atoms with Gasteiger partial charge < -0.3 is 15.2 Å². The molecule has 0 fully saturated rings. The van der Waals surface area contributed by atoms with E-state index < -0.39 is 4.92 Å². The van der Waals surface area contributed by atoms with Gasteiger partial charge in [0.05, 0.1) is 12.0 Å². The van der Waals surface area contributed by atoms with E-state index in [1.165, 1.54) is 13.2 Å². The molecule has 1 heterocycles. The minimum atomic E-state index is -0.487. The van der Waals surface area contributed by atoms with E-state index in [0.29, 0.717) is 17.1 Å². The van der Waals surface area contributed by atoms with E-state index in [9.17, 15) is 15.2 Å². The van der Waals surface area contributed by atoms with E-state index in [0.717, 1.165) is 16.5 Å². The van der Waals surface area contributed by atoms with Gasteiger partial charge in [-0.3, -0.25) is 10.1 Å². The van der Waals surface area contributed by atoms with Crippen LogP contribution in [0.25, 0.3) is 22.0 Å². The zero-order valence-electron chi connectivity index (χ0n) is 15.4. The minimum absolute atomic E-state index is 0.137. The summed E-state index contributed by atoms with van der Waals surface area (Å²) in [7, 11) is 1.39. The Hall–Kier alpha value is -4.20. The molecule has 0 aliphatic rings. The van der Waals surface area contributed by atoms with Crippen molar-refractivity contribution >= 4 is 28.0 Å². The van der Waals surface area contributed by atoms with Gasteiger partial charge in [0.15, 0.2) is 11.6 Å². The zero-order chi connectivity index (χ0) is 20.4. The van der Waals surface area contributed by atoms with Gasteiger partial charge >= 0.3 is 5.69 Å². The predicted octanol–water partition coefficient (Wildman–Crippen LogP) is 4.66. The number of nitro benzene ring substituents is 1. The minimum Gasteiger partial charge on any atom is -0.508 e. The summed E-state index contributed by atoms with van der Waals surface area (Å²) in [6, 6.07) is 18.8. The number of aromatic nitrogens is 2. The van der Waals surface area contributed by atoms with Crippen molar-refractivity contribution < 1.29 is 14.8 Å². The maximum atomic E-state index is 11.4. The zero-order valence-corrected chi connectivity index (χ0v) is 15.4. The number of nitro groups is 1. The van der Waals surface area contributed by atoms with Gasteiger partial charge in [0, 0.05) is 28.1 Å². The summed E-state index contributed by atoms with van der Waals surface area (Å²) in [5.41, 5.74) is 1.71. The Labute approximate surface area is 165 Å². The number of anilines is 2. The molecule has 0 radical (unpaired) electrons. The van der Waals surface area contributed by atoms with Gasteiger partial charge in [-0.05, 0) is 36.4 Å². The molecule has 3 aromatic carbocycles. The van der Waals surface area contributed by atoms with Crippen molar-refractivity contribution in [2.24, 2.45) is 0 Å². The number of ether oxygens (including phenoxy) is 1. The highest BCUT2D eigenvalue weighted by Gasteiger charge is 2.18. The van der Waals surface area contributed by atoms with Crippen LogP contribution >= 0.6 is 0 Å². The smallest absolute Gasteiger partial charge is 0.311 e. The van der Waals surface area contributed by atoms with Crippen LogP contribution in [0.1, 0.15) is 0 Å². The number of nitrogens with one attached hydrogen (secondary N) is 1. The molecule has 0 saturated heterocycles. The number of hydrogen-bond donors (Lipinski definition) is 2. The second-order valence-electron chi connectivity index (χ2n) is 6.26. The van der Waals surface area contributed by atoms with Crippen molar-refractivity contribution in [2.75, 3.05) is 12.4 Å². The Balaban J connectivity index is 1.82. The molecule has 1 aromatic heterocycles. The van der Waals surface area contributed by atoms with E-state index >= 15 is 0 Å². The number of fused-ring (bicyclic) bond motifs is 1. The summed E-state index contributed by atoms with van der Waals surface area (Å²) in [6.45, 7) is 0. The molecule has 4 aromatic rings. The van der Waals surface area contributed by atoms with E-state index in [-0.39, 0.29) is 17.2 Å². The molecule has 4 rings (SSSR count). The highest BCUT2D eigenvalue weighted by Crippen LogP contribution is 2.35. The van der Waals surface area contributed by atoms with Gasteiger partial charge in [0.25, 0.3) is 0 Å². The standard InChI is InChI=1S/C21H16N4O4/c1-29-19-11-6-13(12-18(19)25(27)28)20-16-4-2-3-5-17(16)21(24-23-20)22-14-7-9-15(26)10-8-14/h2-12,26H,1H3,(H,22,24). The molecule has 8 heteroatoms. The Kier molecular flexibility index (Phi) is 4.66. The molecule has 0 aliphatic carbocycles. The summed E-state index contributed by atoms with van der Waals surface area (Å²) in [5.74, 6) is 0.891. The van der Waals surface area contributed by atoms with Crippen LogP contribution in [0.15, 0.2) is 66.7 Å². The van der Waals surface area contributed by atoms with Crippen molar-refractivity contribution in [3.63, 3.8) is 0 Å². The Morgan fingerprint density at radius 1 is 1.00 bits per heavy atom. The molecule has 0 aliphatic heterocycles. The molecular weight excluding hydrogens is 372 g/mol. The first-order valence-electron chi connectivity index (χ1n) is 8.71. The second kappa shape index (κ2) is 7.43. The van der Waals surface area contributed by atoms with Crippen molar-refractivity contribution in [3.05, 3.63) is 76.8 Å². The van der Waals surface area contributed by atoms with Gasteiger partial charge in [-0.25, -0.2) is 0 Å². The van der Waals surface area contributed by atoms with E-state index in [4.69, 9.17) is 4.74 Å². The Morgan fingerprint density at radius 3 is 2.41 bits per heavy atom. The number of aromatic hydroxyl groups is 1. The summed E-state index contributed by atoms with van der Waals surface area (Å²) in [4.78, 5) is 10.9. The van der Waals surface area contributed by atoms with Crippen molar-refractivity contribution in [1.82, 2.24) is 10.2 Å². The van der Waals surface area contributed by atoms with Crippen LogP contribution in [-0.4, -0.2) is 27.3 Å². The van der Waals surface area contributed by atoms with Gasteiger partial charge in [-0.15, -0.1) is 10.2 Å². The largest absolute Gasteiger partial charge is 0.508 e. The lowest BCUT2D eigenvalue weighted by Crippen LogP contribution is -2.00. The third-order valence-corrected chi connectivity index (χ3v) is 4.47. The van der Waals surface area contributed by atoms with E-state index in [1.54, 1.807) is 36.4 Å². The first kappa shape index (κ1) is 18.2. The summed E-state index contributed by atoms with van der Waals surface area (Å²) in [5, 5.41) is 34.2. The van der Waals surface area contributed by atoms with Crippen LogP contribution < -0.4 is 10.1 Å². The average molecular weight is 388 g/mol.